The van der Waals surface area contributed by atoms with Crippen LogP contribution in [0.25, 0.3) is 0 Å². The van der Waals surface area contributed by atoms with Crippen LogP contribution >= 0.6 is 0 Å². The molecular weight excluding hydrogens is 404 g/mol. The molecule has 3 N–H and O–H groups in total. The third-order valence-corrected chi connectivity index (χ3v) is 5.49. The molecule has 2 amide bonds. The summed E-state index contributed by atoms with van der Waals surface area (Å²) in [6, 6.07) is 13.9. The van der Waals surface area contributed by atoms with Gasteiger partial charge in [0.15, 0.2) is 0 Å². The molecular formula is C21H20N4O4S. The summed E-state index contributed by atoms with van der Waals surface area (Å²) in [6.07, 6.45) is 2.96. The number of amides is 2. The van der Waals surface area contributed by atoms with Gasteiger partial charge in [0, 0.05) is 24.9 Å². The third-order valence-electron chi connectivity index (χ3n) is 4.09. The summed E-state index contributed by atoms with van der Waals surface area (Å²) in [5.41, 5.74) is 2.49. The zero-order valence-corrected chi connectivity index (χ0v) is 17.2. The van der Waals surface area contributed by atoms with E-state index in [0.29, 0.717) is 17.1 Å². The van der Waals surface area contributed by atoms with E-state index in [4.69, 9.17) is 0 Å². The van der Waals surface area contributed by atoms with Crippen LogP contribution in [0.1, 0.15) is 22.8 Å². The number of sulfonamides is 1. The number of benzene rings is 2. The van der Waals surface area contributed by atoms with Crippen molar-refractivity contribution in [2.24, 2.45) is 0 Å². The molecule has 30 heavy (non-hydrogen) atoms. The van der Waals surface area contributed by atoms with Crippen LogP contribution in [0.3, 0.4) is 0 Å². The number of anilines is 3. The first-order valence-corrected chi connectivity index (χ1v) is 10.5. The van der Waals surface area contributed by atoms with Crippen LogP contribution in [-0.2, 0) is 14.8 Å². The molecule has 8 nitrogen and oxygen atoms in total. The number of rotatable bonds is 6. The SMILES string of the molecule is CC(=O)Nc1ccc(C)cc1NC(=O)c1ccc(S(=O)(=O)Nc2ccncc2)cc1. The smallest absolute Gasteiger partial charge is 0.261 e. The Bertz CT molecular complexity index is 1180. The second-order valence-corrected chi connectivity index (χ2v) is 8.23. The average Bonchev–Trinajstić information content (AvgIpc) is 2.70. The van der Waals surface area contributed by atoms with E-state index in [1.807, 2.05) is 13.0 Å². The lowest BCUT2D eigenvalue weighted by molar-refractivity contribution is -0.114. The maximum Gasteiger partial charge on any atom is 0.261 e. The number of hydrogen-bond acceptors (Lipinski definition) is 5. The quantitative estimate of drug-likeness (QED) is 0.561. The number of pyridine rings is 1. The third kappa shape index (κ3) is 5.21. The maximum absolute atomic E-state index is 12.6. The Kier molecular flexibility index (Phi) is 6.12. The Morgan fingerprint density at radius 2 is 1.53 bits per heavy atom. The molecule has 0 aliphatic carbocycles. The van der Waals surface area contributed by atoms with E-state index < -0.39 is 15.9 Å². The number of nitrogens with one attached hydrogen (secondary N) is 3. The summed E-state index contributed by atoms with van der Waals surface area (Å²) in [5, 5.41) is 5.41. The monoisotopic (exact) mass is 424 g/mol. The van der Waals surface area contributed by atoms with Crippen LogP contribution in [0, 0.1) is 6.92 Å². The zero-order valence-electron chi connectivity index (χ0n) is 16.3. The Balaban J connectivity index is 1.77. The predicted molar refractivity (Wildman–Crippen MR) is 115 cm³/mol. The molecule has 154 valence electrons. The van der Waals surface area contributed by atoms with Crippen molar-refractivity contribution in [3.05, 3.63) is 78.1 Å². The van der Waals surface area contributed by atoms with Gasteiger partial charge in [-0.15, -0.1) is 0 Å². The van der Waals surface area contributed by atoms with Crippen molar-refractivity contribution in [3.63, 3.8) is 0 Å². The molecule has 0 aliphatic heterocycles. The fraction of sp³-hybridized carbons (Fsp3) is 0.0952. The molecule has 3 aromatic rings. The van der Waals surface area contributed by atoms with Crippen molar-refractivity contribution >= 4 is 38.9 Å². The van der Waals surface area contributed by atoms with Crippen LogP contribution in [0.5, 0.6) is 0 Å². The van der Waals surface area contributed by atoms with Gasteiger partial charge in [-0.1, -0.05) is 6.07 Å². The van der Waals surface area contributed by atoms with Crippen LogP contribution in [0.2, 0.25) is 0 Å². The predicted octanol–water partition coefficient (Wildman–Crippen LogP) is 3.40. The highest BCUT2D eigenvalue weighted by molar-refractivity contribution is 7.92. The average molecular weight is 424 g/mol. The first-order chi connectivity index (χ1) is 14.2. The molecule has 1 heterocycles. The second kappa shape index (κ2) is 8.75. The van der Waals surface area contributed by atoms with Gasteiger partial charge in [-0.3, -0.25) is 19.3 Å². The van der Waals surface area contributed by atoms with Gasteiger partial charge in [0.1, 0.15) is 0 Å². The molecule has 0 spiro atoms. The maximum atomic E-state index is 12.6. The largest absolute Gasteiger partial charge is 0.325 e. The van der Waals surface area contributed by atoms with E-state index in [1.54, 1.807) is 12.1 Å². The van der Waals surface area contributed by atoms with Gasteiger partial charge in [-0.2, -0.15) is 0 Å². The molecule has 0 fully saturated rings. The molecule has 0 unspecified atom stereocenters. The van der Waals surface area contributed by atoms with E-state index in [1.165, 1.54) is 55.7 Å². The Morgan fingerprint density at radius 3 is 2.17 bits per heavy atom. The van der Waals surface area contributed by atoms with Crippen molar-refractivity contribution < 1.29 is 18.0 Å². The number of aryl methyl sites for hydroxylation is 1. The van der Waals surface area contributed by atoms with E-state index in [2.05, 4.69) is 20.3 Å². The minimum atomic E-state index is -3.80. The van der Waals surface area contributed by atoms with Gasteiger partial charge < -0.3 is 10.6 Å². The Hall–Kier alpha value is -3.72. The number of nitrogens with zero attached hydrogens (tertiary/aromatic N) is 1. The van der Waals surface area contributed by atoms with Gasteiger partial charge in [-0.05, 0) is 61.0 Å². The van der Waals surface area contributed by atoms with Crippen LogP contribution in [0.4, 0.5) is 17.1 Å². The fourth-order valence-corrected chi connectivity index (χ4v) is 3.73. The molecule has 1 aromatic heterocycles. The Labute approximate surface area is 174 Å². The molecule has 0 saturated carbocycles. The van der Waals surface area contributed by atoms with Gasteiger partial charge in [0.2, 0.25) is 5.91 Å². The summed E-state index contributed by atoms with van der Waals surface area (Å²) in [6.45, 7) is 3.24. The lowest BCUT2D eigenvalue weighted by Gasteiger charge is -2.13. The fourth-order valence-electron chi connectivity index (χ4n) is 2.67. The van der Waals surface area contributed by atoms with Gasteiger partial charge in [-0.25, -0.2) is 8.42 Å². The standard InChI is InChI=1S/C21H20N4O4S/c1-14-3-8-19(23-15(2)26)20(13-14)24-21(27)16-4-6-18(7-5-16)30(28,29)25-17-9-11-22-12-10-17/h3-13H,1-2H3,(H,22,25)(H,23,26)(H,24,27). The first-order valence-electron chi connectivity index (χ1n) is 8.97. The summed E-state index contributed by atoms with van der Waals surface area (Å²) in [7, 11) is -3.80. The van der Waals surface area contributed by atoms with Crippen molar-refractivity contribution in [3.8, 4) is 0 Å². The minimum Gasteiger partial charge on any atom is -0.325 e. The zero-order chi connectivity index (χ0) is 21.7. The summed E-state index contributed by atoms with van der Waals surface area (Å²) in [4.78, 5) is 27.9. The van der Waals surface area contributed by atoms with E-state index in [-0.39, 0.29) is 16.4 Å². The van der Waals surface area contributed by atoms with Crippen molar-refractivity contribution in [2.75, 3.05) is 15.4 Å². The lowest BCUT2D eigenvalue weighted by atomic mass is 10.1. The van der Waals surface area contributed by atoms with Crippen LogP contribution < -0.4 is 15.4 Å². The molecule has 0 atom stereocenters. The van der Waals surface area contributed by atoms with Crippen LogP contribution in [-0.4, -0.2) is 25.2 Å². The van der Waals surface area contributed by atoms with Gasteiger partial charge in [0.25, 0.3) is 15.9 Å². The van der Waals surface area contributed by atoms with Crippen LogP contribution in [0.15, 0.2) is 71.9 Å². The summed E-state index contributed by atoms with van der Waals surface area (Å²) < 4.78 is 27.4. The molecule has 9 heteroatoms. The summed E-state index contributed by atoms with van der Waals surface area (Å²) >= 11 is 0. The van der Waals surface area contributed by atoms with Gasteiger partial charge in [0.05, 0.1) is 22.0 Å². The topological polar surface area (TPSA) is 117 Å². The second-order valence-electron chi connectivity index (χ2n) is 6.55. The number of carbonyl (C=O) groups is 2. The highest BCUT2D eigenvalue weighted by Crippen LogP contribution is 2.24. The van der Waals surface area contributed by atoms with Gasteiger partial charge >= 0.3 is 0 Å². The lowest BCUT2D eigenvalue weighted by Crippen LogP contribution is -2.16. The van der Waals surface area contributed by atoms with Crippen molar-refractivity contribution in [2.45, 2.75) is 18.7 Å². The molecule has 0 saturated heterocycles. The molecule has 3 rings (SSSR count). The van der Waals surface area contributed by atoms with E-state index in [0.717, 1.165) is 5.56 Å². The number of aromatic nitrogens is 1. The highest BCUT2D eigenvalue weighted by atomic mass is 32.2. The number of carbonyl (C=O) groups excluding carboxylic acids is 2. The van der Waals surface area contributed by atoms with Crippen molar-refractivity contribution in [1.29, 1.82) is 0 Å². The highest BCUT2D eigenvalue weighted by Gasteiger charge is 2.16. The number of hydrogen-bond donors (Lipinski definition) is 3. The molecule has 0 radical (unpaired) electrons. The molecule has 2 aromatic carbocycles. The first kappa shape index (κ1) is 21.0. The van der Waals surface area contributed by atoms with E-state index >= 15 is 0 Å². The minimum absolute atomic E-state index is 0.0188. The molecule has 0 bridgehead atoms. The van der Waals surface area contributed by atoms with E-state index in [9.17, 15) is 18.0 Å². The Morgan fingerprint density at radius 1 is 0.867 bits per heavy atom. The normalized spacial score (nSPS) is 10.9. The summed E-state index contributed by atoms with van der Waals surface area (Å²) in [5.74, 6) is -0.691. The van der Waals surface area contributed by atoms with Crippen molar-refractivity contribution in [1.82, 2.24) is 4.98 Å². The molecule has 0 aliphatic rings.